The summed E-state index contributed by atoms with van der Waals surface area (Å²) in [5, 5.41) is 3.44. The van der Waals surface area contributed by atoms with Crippen molar-refractivity contribution in [2.24, 2.45) is 0 Å². The molecule has 1 N–H and O–H groups in total. The molecule has 0 aliphatic rings. The van der Waals surface area contributed by atoms with Crippen molar-refractivity contribution in [3.05, 3.63) is 60.1 Å². The van der Waals surface area contributed by atoms with Gasteiger partial charge in [-0.25, -0.2) is 0 Å². The minimum absolute atomic E-state index is 0.451. The molecule has 0 fully saturated rings. The molecule has 0 amide bonds. The highest BCUT2D eigenvalue weighted by Crippen LogP contribution is 2.04. The quantitative estimate of drug-likeness (QED) is 0.829. The van der Waals surface area contributed by atoms with Crippen molar-refractivity contribution < 1.29 is 4.42 Å². The molecule has 0 unspecified atom stereocenters. The number of hydrogen-bond donors (Lipinski definition) is 1. The standard InChI is InChI=1S/C14H17NO/c1-12(10-13-6-3-2-4-7-13)15-11-14-8-5-9-16-14/h2-9,12,15H,10-11H2,1H3/t12-/m0/s1. The molecule has 1 heterocycles. The van der Waals surface area contributed by atoms with Crippen LogP contribution in [0, 0.1) is 0 Å². The van der Waals surface area contributed by atoms with Gasteiger partial charge in [-0.3, -0.25) is 0 Å². The number of benzene rings is 1. The van der Waals surface area contributed by atoms with Gasteiger partial charge in [0.1, 0.15) is 5.76 Å². The predicted molar refractivity (Wildman–Crippen MR) is 65.2 cm³/mol. The molecule has 2 aromatic rings. The SMILES string of the molecule is C[C@@H](Cc1ccccc1)NCc1ccco1. The van der Waals surface area contributed by atoms with E-state index in [0.29, 0.717) is 6.04 Å². The van der Waals surface area contributed by atoms with Crippen LogP contribution in [-0.2, 0) is 13.0 Å². The monoisotopic (exact) mass is 215 g/mol. The fourth-order valence-electron chi connectivity index (χ4n) is 1.73. The average Bonchev–Trinajstić information content (AvgIpc) is 2.81. The van der Waals surface area contributed by atoms with Crippen LogP contribution < -0.4 is 5.32 Å². The summed E-state index contributed by atoms with van der Waals surface area (Å²) in [5.41, 5.74) is 1.36. The van der Waals surface area contributed by atoms with Gasteiger partial charge in [-0.05, 0) is 31.0 Å². The highest BCUT2D eigenvalue weighted by molar-refractivity contribution is 5.15. The van der Waals surface area contributed by atoms with Crippen LogP contribution in [0.3, 0.4) is 0 Å². The van der Waals surface area contributed by atoms with Gasteiger partial charge in [0.05, 0.1) is 12.8 Å². The van der Waals surface area contributed by atoms with Crippen LogP contribution in [0.25, 0.3) is 0 Å². The van der Waals surface area contributed by atoms with Crippen molar-refractivity contribution in [2.45, 2.75) is 25.9 Å². The zero-order valence-corrected chi connectivity index (χ0v) is 9.52. The molecule has 16 heavy (non-hydrogen) atoms. The fraction of sp³-hybridized carbons (Fsp3) is 0.286. The lowest BCUT2D eigenvalue weighted by molar-refractivity contribution is 0.453. The minimum atomic E-state index is 0.451. The molecule has 1 atom stereocenters. The van der Waals surface area contributed by atoms with Crippen LogP contribution in [0.4, 0.5) is 0 Å². The first-order valence-electron chi connectivity index (χ1n) is 5.64. The van der Waals surface area contributed by atoms with Gasteiger partial charge in [-0.15, -0.1) is 0 Å². The van der Waals surface area contributed by atoms with Crippen LogP contribution in [0.1, 0.15) is 18.2 Å². The average molecular weight is 215 g/mol. The Hall–Kier alpha value is -1.54. The highest BCUT2D eigenvalue weighted by Gasteiger charge is 2.03. The van der Waals surface area contributed by atoms with Crippen LogP contribution in [-0.4, -0.2) is 6.04 Å². The van der Waals surface area contributed by atoms with Gasteiger partial charge in [0.2, 0.25) is 0 Å². The van der Waals surface area contributed by atoms with Crippen LogP contribution in [0.5, 0.6) is 0 Å². The smallest absolute Gasteiger partial charge is 0.117 e. The molecule has 0 saturated heterocycles. The molecule has 0 aliphatic carbocycles. The van der Waals surface area contributed by atoms with Crippen LogP contribution in [0.15, 0.2) is 53.1 Å². The molecule has 0 bridgehead atoms. The van der Waals surface area contributed by atoms with E-state index in [9.17, 15) is 0 Å². The Labute approximate surface area is 96.3 Å². The lowest BCUT2D eigenvalue weighted by Crippen LogP contribution is -2.27. The van der Waals surface area contributed by atoms with Gasteiger partial charge in [0, 0.05) is 6.04 Å². The molecular formula is C14H17NO. The second-order valence-electron chi connectivity index (χ2n) is 4.05. The summed E-state index contributed by atoms with van der Waals surface area (Å²) in [7, 11) is 0. The second-order valence-corrected chi connectivity index (χ2v) is 4.05. The van der Waals surface area contributed by atoms with E-state index in [2.05, 4.69) is 36.5 Å². The molecule has 1 aromatic carbocycles. The minimum Gasteiger partial charge on any atom is -0.468 e. The maximum absolute atomic E-state index is 5.27. The van der Waals surface area contributed by atoms with Crippen molar-refractivity contribution in [3.8, 4) is 0 Å². The van der Waals surface area contributed by atoms with Gasteiger partial charge in [0.25, 0.3) is 0 Å². The zero-order valence-electron chi connectivity index (χ0n) is 9.52. The Bertz CT molecular complexity index is 394. The third-order valence-corrected chi connectivity index (χ3v) is 2.59. The molecule has 2 heteroatoms. The third kappa shape index (κ3) is 3.24. The Morgan fingerprint density at radius 2 is 1.94 bits per heavy atom. The van der Waals surface area contributed by atoms with Gasteiger partial charge in [0.15, 0.2) is 0 Å². The Morgan fingerprint density at radius 1 is 1.12 bits per heavy atom. The molecule has 0 aliphatic heterocycles. The van der Waals surface area contributed by atoms with E-state index in [1.807, 2.05) is 18.2 Å². The number of furan rings is 1. The maximum Gasteiger partial charge on any atom is 0.117 e. The predicted octanol–water partition coefficient (Wildman–Crippen LogP) is 3.00. The largest absolute Gasteiger partial charge is 0.468 e. The van der Waals surface area contributed by atoms with E-state index in [1.54, 1.807) is 6.26 Å². The maximum atomic E-state index is 5.27. The van der Waals surface area contributed by atoms with Crippen molar-refractivity contribution in [3.63, 3.8) is 0 Å². The molecular weight excluding hydrogens is 198 g/mol. The normalized spacial score (nSPS) is 12.6. The molecule has 0 radical (unpaired) electrons. The molecule has 2 rings (SSSR count). The summed E-state index contributed by atoms with van der Waals surface area (Å²) in [6.07, 6.45) is 2.75. The number of rotatable bonds is 5. The van der Waals surface area contributed by atoms with Crippen LogP contribution in [0.2, 0.25) is 0 Å². The topological polar surface area (TPSA) is 25.2 Å². The van der Waals surface area contributed by atoms with Gasteiger partial charge < -0.3 is 9.73 Å². The first-order chi connectivity index (χ1) is 7.84. The zero-order chi connectivity index (χ0) is 11.2. The Balaban J connectivity index is 1.78. The van der Waals surface area contributed by atoms with E-state index < -0.39 is 0 Å². The second kappa shape index (κ2) is 5.52. The van der Waals surface area contributed by atoms with E-state index in [-0.39, 0.29) is 0 Å². The molecule has 2 nitrogen and oxygen atoms in total. The summed E-state index contributed by atoms with van der Waals surface area (Å²) < 4.78 is 5.27. The highest BCUT2D eigenvalue weighted by atomic mass is 16.3. The first-order valence-corrected chi connectivity index (χ1v) is 5.64. The first kappa shape index (κ1) is 11.0. The van der Waals surface area contributed by atoms with E-state index in [0.717, 1.165) is 18.7 Å². The van der Waals surface area contributed by atoms with E-state index in [1.165, 1.54) is 5.56 Å². The number of hydrogen-bond acceptors (Lipinski definition) is 2. The summed E-state index contributed by atoms with van der Waals surface area (Å²) in [4.78, 5) is 0. The lowest BCUT2D eigenvalue weighted by Gasteiger charge is -2.12. The van der Waals surface area contributed by atoms with Crippen LogP contribution >= 0.6 is 0 Å². The van der Waals surface area contributed by atoms with Gasteiger partial charge >= 0.3 is 0 Å². The number of nitrogens with one attached hydrogen (secondary N) is 1. The van der Waals surface area contributed by atoms with Crippen molar-refractivity contribution in [2.75, 3.05) is 0 Å². The summed E-state index contributed by atoms with van der Waals surface area (Å²) in [6.45, 7) is 2.98. The summed E-state index contributed by atoms with van der Waals surface area (Å²) in [6, 6.07) is 14.9. The van der Waals surface area contributed by atoms with Gasteiger partial charge in [-0.1, -0.05) is 30.3 Å². The Kier molecular flexibility index (Phi) is 3.78. The van der Waals surface area contributed by atoms with Crippen molar-refractivity contribution >= 4 is 0 Å². The summed E-state index contributed by atoms with van der Waals surface area (Å²) in [5.74, 6) is 0.986. The summed E-state index contributed by atoms with van der Waals surface area (Å²) >= 11 is 0. The molecule has 0 saturated carbocycles. The van der Waals surface area contributed by atoms with E-state index in [4.69, 9.17) is 4.42 Å². The van der Waals surface area contributed by atoms with E-state index >= 15 is 0 Å². The molecule has 0 spiro atoms. The molecule has 1 aromatic heterocycles. The van der Waals surface area contributed by atoms with Crippen molar-refractivity contribution in [1.82, 2.24) is 5.32 Å². The fourth-order valence-corrected chi connectivity index (χ4v) is 1.73. The van der Waals surface area contributed by atoms with Crippen molar-refractivity contribution in [1.29, 1.82) is 0 Å². The third-order valence-electron chi connectivity index (χ3n) is 2.59. The lowest BCUT2D eigenvalue weighted by atomic mass is 10.1. The van der Waals surface area contributed by atoms with Gasteiger partial charge in [-0.2, -0.15) is 0 Å². The molecule has 84 valence electrons. The Morgan fingerprint density at radius 3 is 2.62 bits per heavy atom.